The Morgan fingerprint density at radius 3 is 2.63 bits per heavy atom. The number of likely N-dealkylation sites (tertiary alicyclic amines) is 2. The fraction of sp³-hybridized carbons (Fsp3) is 0.348. The van der Waals surface area contributed by atoms with Crippen molar-refractivity contribution in [3.63, 3.8) is 0 Å². The van der Waals surface area contributed by atoms with Crippen LogP contribution in [-0.2, 0) is 11.2 Å². The fourth-order valence-electron chi connectivity index (χ4n) is 4.71. The Morgan fingerprint density at radius 2 is 1.87 bits per heavy atom. The largest absolute Gasteiger partial charge is 0.341 e. The molecular formula is C23H23FN4O2. The molecule has 30 heavy (non-hydrogen) atoms. The van der Waals surface area contributed by atoms with Gasteiger partial charge in [0.2, 0.25) is 17.6 Å². The van der Waals surface area contributed by atoms with Crippen LogP contribution in [0.1, 0.15) is 23.9 Å². The number of nitrogens with zero attached hydrogens (tertiary/aromatic N) is 4. The van der Waals surface area contributed by atoms with E-state index in [0.717, 1.165) is 18.5 Å². The second kappa shape index (κ2) is 7.32. The van der Waals surface area contributed by atoms with Crippen LogP contribution in [0.5, 0.6) is 0 Å². The van der Waals surface area contributed by atoms with Crippen molar-refractivity contribution in [2.75, 3.05) is 26.7 Å². The van der Waals surface area contributed by atoms with Crippen molar-refractivity contribution in [2.45, 2.75) is 18.9 Å². The molecule has 1 aromatic heterocycles. The van der Waals surface area contributed by atoms with E-state index in [4.69, 9.17) is 4.52 Å². The van der Waals surface area contributed by atoms with Gasteiger partial charge in [-0.25, -0.2) is 4.39 Å². The molecule has 5 rings (SSSR count). The van der Waals surface area contributed by atoms with Gasteiger partial charge in [0.15, 0.2) is 0 Å². The van der Waals surface area contributed by atoms with Gasteiger partial charge in [-0.1, -0.05) is 53.7 Å². The zero-order valence-corrected chi connectivity index (χ0v) is 16.8. The normalized spacial score (nSPS) is 20.5. The average Bonchev–Trinajstić information content (AvgIpc) is 3.34. The van der Waals surface area contributed by atoms with Gasteiger partial charge >= 0.3 is 0 Å². The summed E-state index contributed by atoms with van der Waals surface area (Å²) in [5.41, 5.74) is 1.41. The Kier molecular flexibility index (Phi) is 4.62. The van der Waals surface area contributed by atoms with Crippen LogP contribution >= 0.6 is 0 Å². The van der Waals surface area contributed by atoms with Crippen molar-refractivity contribution in [2.24, 2.45) is 5.41 Å². The number of hydrogen-bond acceptors (Lipinski definition) is 5. The number of amides is 1. The summed E-state index contributed by atoms with van der Waals surface area (Å²) in [6.07, 6.45) is 0.968. The van der Waals surface area contributed by atoms with E-state index in [-0.39, 0.29) is 29.6 Å². The summed E-state index contributed by atoms with van der Waals surface area (Å²) in [5.74, 6) is 0.855. The summed E-state index contributed by atoms with van der Waals surface area (Å²) in [6.45, 7) is 2.23. The third-order valence-electron chi connectivity index (χ3n) is 6.21. The molecule has 2 saturated heterocycles. The van der Waals surface area contributed by atoms with Crippen LogP contribution in [0.15, 0.2) is 59.1 Å². The van der Waals surface area contributed by atoms with Crippen molar-refractivity contribution in [3.05, 3.63) is 71.9 Å². The highest BCUT2D eigenvalue weighted by Crippen LogP contribution is 2.47. The van der Waals surface area contributed by atoms with Crippen molar-refractivity contribution in [1.29, 1.82) is 0 Å². The molecule has 1 amide bonds. The number of hydrogen-bond donors (Lipinski definition) is 0. The molecule has 7 heteroatoms. The van der Waals surface area contributed by atoms with Crippen molar-refractivity contribution >= 4 is 5.91 Å². The first kappa shape index (κ1) is 18.9. The molecule has 1 unspecified atom stereocenters. The summed E-state index contributed by atoms with van der Waals surface area (Å²) in [7, 11) is 2.05. The summed E-state index contributed by atoms with van der Waals surface area (Å²) in [5, 5.41) is 4.14. The molecule has 2 aromatic carbocycles. The first-order chi connectivity index (χ1) is 14.5. The Hall–Kier alpha value is -3.06. The third-order valence-corrected chi connectivity index (χ3v) is 6.21. The number of aromatic nitrogens is 2. The predicted octanol–water partition coefficient (Wildman–Crippen LogP) is 3.32. The zero-order valence-electron chi connectivity index (χ0n) is 16.8. The number of carbonyl (C=O) groups is 1. The highest BCUT2D eigenvalue weighted by Gasteiger charge is 2.53. The maximum Gasteiger partial charge on any atom is 0.244 e. The monoisotopic (exact) mass is 406 g/mol. The molecule has 0 N–H and O–H groups in total. The topological polar surface area (TPSA) is 62.5 Å². The second-order valence-electron chi connectivity index (χ2n) is 8.48. The van der Waals surface area contributed by atoms with Gasteiger partial charge in [-0.05, 0) is 25.1 Å². The van der Waals surface area contributed by atoms with Gasteiger partial charge in [0.05, 0.1) is 12.5 Å². The molecule has 3 heterocycles. The van der Waals surface area contributed by atoms with Crippen LogP contribution in [0, 0.1) is 11.2 Å². The Balaban J connectivity index is 1.23. The number of carbonyl (C=O) groups excluding carboxylic acids is 1. The van der Waals surface area contributed by atoms with E-state index in [9.17, 15) is 9.18 Å². The maximum absolute atomic E-state index is 13.8. The minimum Gasteiger partial charge on any atom is -0.341 e. The second-order valence-corrected chi connectivity index (χ2v) is 8.48. The minimum atomic E-state index is -0.327. The van der Waals surface area contributed by atoms with Gasteiger partial charge < -0.3 is 9.42 Å². The Bertz CT molecular complexity index is 1060. The van der Waals surface area contributed by atoms with Crippen LogP contribution in [-0.4, -0.2) is 52.5 Å². The van der Waals surface area contributed by atoms with Crippen LogP contribution in [0.25, 0.3) is 11.4 Å². The number of benzene rings is 2. The van der Waals surface area contributed by atoms with E-state index < -0.39 is 0 Å². The maximum atomic E-state index is 13.8. The molecule has 0 saturated carbocycles. The van der Waals surface area contributed by atoms with Gasteiger partial charge in [0, 0.05) is 30.6 Å². The van der Waals surface area contributed by atoms with E-state index in [1.54, 1.807) is 18.2 Å². The van der Waals surface area contributed by atoms with Crippen molar-refractivity contribution in [3.8, 4) is 11.4 Å². The zero-order chi connectivity index (χ0) is 20.7. The standard InChI is InChI=1S/C23H23FN4O2/c1-27-13-23(14-28(15-23)20(29)11-17-9-5-6-10-18(17)24)12-19(27)22-25-21(26-30-22)16-7-3-2-4-8-16/h2-10,19H,11-15H2,1H3. The van der Waals surface area contributed by atoms with Gasteiger partial charge in [0.1, 0.15) is 5.82 Å². The van der Waals surface area contributed by atoms with Crippen molar-refractivity contribution in [1.82, 2.24) is 19.9 Å². The fourth-order valence-corrected chi connectivity index (χ4v) is 4.71. The molecule has 3 aromatic rings. The van der Waals surface area contributed by atoms with E-state index >= 15 is 0 Å². The highest BCUT2D eigenvalue weighted by atomic mass is 19.1. The van der Waals surface area contributed by atoms with Crippen LogP contribution < -0.4 is 0 Å². The summed E-state index contributed by atoms with van der Waals surface area (Å²) in [6, 6.07) is 16.3. The van der Waals surface area contributed by atoms with Crippen LogP contribution in [0.2, 0.25) is 0 Å². The molecule has 2 aliphatic heterocycles. The first-order valence-electron chi connectivity index (χ1n) is 10.1. The molecule has 0 aliphatic carbocycles. The lowest BCUT2D eigenvalue weighted by Crippen LogP contribution is -2.59. The quantitative estimate of drug-likeness (QED) is 0.665. The molecule has 6 nitrogen and oxygen atoms in total. The predicted molar refractivity (Wildman–Crippen MR) is 109 cm³/mol. The van der Waals surface area contributed by atoms with Crippen LogP contribution in [0.4, 0.5) is 4.39 Å². The van der Waals surface area contributed by atoms with Gasteiger partial charge in [0.25, 0.3) is 0 Å². The lowest BCUT2D eigenvalue weighted by Gasteiger charge is -2.48. The summed E-state index contributed by atoms with van der Waals surface area (Å²) in [4.78, 5) is 21.2. The molecule has 0 bridgehead atoms. The van der Waals surface area contributed by atoms with Gasteiger partial charge in [-0.3, -0.25) is 9.69 Å². The average molecular weight is 406 g/mol. The lowest BCUT2D eigenvalue weighted by atomic mass is 9.77. The van der Waals surface area contributed by atoms with Gasteiger partial charge in [-0.2, -0.15) is 4.98 Å². The molecule has 1 spiro atoms. The molecule has 2 aliphatic rings. The number of rotatable bonds is 4. The molecule has 2 fully saturated rings. The van der Waals surface area contributed by atoms with Crippen LogP contribution in [0.3, 0.4) is 0 Å². The summed E-state index contributed by atoms with van der Waals surface area (Å²) >= 11 is 0. The van der Waals surface area contributed by atoms with E-state index in [0.29, 0.717) is 30.4 Å². The lowest BCUT2D eigenvalue weighted by molar-refractivity contribution is -0.142. The third kappa shape index (κ3) is 3.39. The molecule has 0 radical (unpaired) electrons. The number of halogens is 1. The summed E-state index contributed by atoms with van der Waals surface area (Å²) < 4.78 is 19.4. The molecule has 1 atom stereocenters. The van der Waals surface area contributed by atoms with E-state index in [2.05, 4.69) is 22.1 Å². The highest BCUT2D eigenvalue weighted by molar-refractivity contribution is 5.79. The molecular weight excluding hydrogens is 383 g/mol. The molecule has 154 valence electrons. The van der Waals surface area contributed by atoms with E-state index in [1.165, 1.54) is 6.07 Å². The van der Waals surface area contributed by atoms with Gasteiger partial charge in [-0.15, -0.1) is 0 Å². The SMILES string of the molecule is CN1CC2(CC1c1nc(-c3ccccc3)no1)CN(C(=O)Cc1ccccc1F)C2. The Morgan fingerprint density at radius 1 is 1.13 bits per heavy atom. The minimum absolute atomic E-state index is 0.0269. The van der Waals surface area contributed by atoms with E-state index in [1.807, 2.05) is 35.2 Å². The first-order valence-corrected chi connectivity index (χ1v) is 10.1. The smallest absolute Gasteiger partial charge is 0.244 e. The van der Waals surface area contributed by atoms with Crippen molar-refractivity contribution < 1.29 is 13.7 Å². The Labute approximate surface area is 174 Å².